The van der Waals surface area contributed by atoms with Gasteiger partial charge < -0.3 is 88.2 Å². The van der Waals surface area contributed by atoms with Crippen molar-refractivity contribution in [3.05, 3.63) is 189 Å². The molecule has 802 valence electrons. The third-order valence-corrected chi connectivity index (χ3v) is 27.4. The minimum absolute atomic E-state index is 0.00309. The van der Waals surface area contributed by atoms with Crippen LogP contribution < -0.4 is 40.9 Å². The van der Waals surface area contributed by atoms with E-state index in [9.17, 15) is 90.8 Å². The lowest BCUT2D eigenvalue weighted by Crippen LogP contribution is -2.53. The van der Waals surface area contributed by atoms with Gasteiger partial charge in [0.15, 0.2) is 5.43 Å². The average molecular weight is 2150 g/mol. The number of aryl methyl sites for hydroxylation is 2. The Hall–Kier alpha value is -14.1. The standard InChI is InChI=1S/C28H35N3O7.C24H29N3O9.C23H29BrN2O8S.C17H26N2O6.C11H11NO2/c1-8-17-14-28(17,25(33)36-7)30-24(32)20-13-18(15-31(20)26(34)38-27(3,4)5)37-22-11-12-29-23-16(2)21(35-6)10-9-19(22)23;1-6-15-12-24(15,21(30)34-5)25-19(28)18-11-17(13-26(18)22(31)36-23(2,3)4)35-20(29)14-7-9-16(10-8-14)27(32)33;1-6-14-12-23(14,20(28)32-5)25-19(27)18-11-16(13-26(18)21(29)33-22(2,3)4)34-35(30,31)17-9-7-15(24)8-10-17;1-6-10-8-17(10,14(22)24-5)18-13(21)12-7-11(20)9-19(12)15(23)25-16(2,3)4;1-7-10(14-2)4-3-8-9(13)5-6-12-11(7)8/h8-12,17-18,20H,1,13-15H2,2-7H3,(H,30,32);6-10,15,17-18H,1,11-13H2,2-5H3,(H,25,28);6-10,14,16,18H,1,11-13H2,2-5H3,(H,25,27);6,10-12,20H,1,7-9H2,2-5H3,(H,18,21);3-6H,1-2H3,(H,12,13)/t17-,18-,20+,28-;15-,17+,18+,24-;14-,16+,18+,23-;10-,11+,12+,17-;/m1111./s1. The number of carbonyl (C=O) groups is 13. The van der Waals surface area contributed by atoms with Gasteiger partial charge in [-0.3, -0.25) is 62.9 Å². The number of pyridine rings is 2. The first-order chi connectivity index (χ1) is 69.2. The monoisotopic (exact) mass is 2140 g/mol. The summed E-state index contributed by atoms with van der Waals surface area (Å²) in [4.78, 5) is 200. The van der Waals surface area contributed by atoms with Gasteiger partial charge in [-0.2, -0.15) is 8.42 Å². The fraction of sp³-hybridized carbons (Fsp3) is 0.505. The highest BCUT2D eigenvalue weighted by atomic mass is 79.9. The molecule has 4 saturated heterocycles. The number of nitrogens with zero attached hydrogens (tertiary/aromatic N) is 6. The number of hydrogen-bond donors (Lipinski definition) is 6. The van der Waals surface area contributed by atoms with Crippen LogP contribution in [0, 0.1) is 47.6 Å². The van der Waals surface area contributed by atoms with E-state index in [0.29, 0.717) is 47.0 Å². The summed E-state index contributed by atoms with van der Waals surface area (Å²) in [6, 6.07) is 17.3. The fourth-order valence-electron chi connectivity index (χ4n) is 17.7. The van der Waals surface area contributed by atoms with Crippen molar-refractivity contribution < 1.29 is 142 Å². The lowest BCUT2D eigenvalue weighted by atomic mass is 10.1. The van der Waals surface area contributed by atoms with Crippen molar-refractivity contribution in [2.75, 3.05) is 68.8 Å². The Morgan fingerprint density at radius 2 is 0.838 bits per heavy atom. The van der Waals surface area contributed by atoms with Crippen molar-refractivity contribution in [3.63, 3.8) is 0 Å². The van der Waals surface area contributed by atoms with Crippen molar-refractivity contribution in [1.82, 2.24) is 50.8 Å². The van der Waals surface area contributed by atoms with E-state index in [-0.39, 0.29) is 97.1 Å². The zero-order valence-electron chi connectivity index (χ0n) is 86.4. The predicted octanol–water partition coefficient (Wildman–Crippen LogP) is 11.1. The molecule has 148 heavy (non-hydrogen) atoms. The van der Waals surface area contributed by atoms with E-state index in [4.69, 9.17) is 61.0 Å². The number of fused-ring (bicyclic) bond motifs is 2. The van der Waals surface area contributed by atoms with Crippen molar-refractivity contribution in [2.45, 2.75) is 246 Å². The van der Waals surface area contributed by atoms with Gasteiger partial charge in [0.05, 0.1) is 107 Å². The number of esters is 5. The molecule has 6 heterocycles. The molecule has 4 saturated carbocycles. The Balaban J connectivity index is 0.000000195. The van der Waals surface area contributed by atoms with Gasteiger partial charge >= 0.3 is 54.2 Å². The minimum Gasteiger partial charge on any atom is -0.496 e. The number of amides is 8. The number of nitro groups is 1. The molecule has 4 aliphatic carbocycles. The molecule has 6 N–H and O–H groups in total. The molecule has 16 atom stereocenters. The van der Waals surface area contributed by atoms with Crippen LogP contribution in [-0.4, -0.2) is 288 Å². The molecule has 43 nitrogen and oxygen atoms in total. The predicted molar refractivity (Wildman–Crippen MR) is 538 cm³/mol. The highest BCUT2D eigenvalue weighted by molar-refractivity contribution is 9.10. The topological polar surface area (TPSA) is 546 Å². The lowest BCUT2D eigenvalue weighted by molar-refractivity contribution is -0.384. The van der Waals surface area contributed by atoms with E-state index in [1.165, 1.54) is 80.7 Å². The number of aromatic amines is 1. The van der Waals surface area contributed by atoms with E-state index >= 15 is 0 Å². The van der Waals surface area contributed by atoms with Gasteiger partial charge in [0.1, 0.15) is 98.2 Å². The quantitative estimate of drug-likeness (QED) is 0.00733. The summed E-state index contributed by atoms with van der Waals surface area (Å²) in [6.45, 7) is 38.9. The molecule has 0 unspecified atom stereocenters. The normalized spacial score (nSPS) is 24.8. The van der Waals surface area contributed by atoms with Crippen molar-refractivity contribution in [3.8, 4) is 17.2 Å². The number of likely N-dealkylation sites (tertiary alicyclic amines) is 4. The Morgan fingerprint density at radius 1 is 0.480 bits per heavy atom. The van der Waals surface area contributed by atoms with Crippen LogP contribution in [-0.2, 0) is 95.3 Å². The van der Waals surface area contributed by atoms with Crippen molar-refractivity contribution in [2.24, 2.45) is 23.7 Å². The van der Waals surface area contributed by atoms with E-state index < -0.39 is 186 Å². The maximum Gasteiger partial charge on any atom is 0.411 e. The summed E-state index contributed by atoms with van der Waals surface area (Å²) in [5.41, 5.74) is -4.67. The van der Waals surface area contributed by atoms with Crippen LogP contribution in [0.2, 0.25) is 0 Å². The summed E-state index contributed by atoms with van der Waals surface area (Å²) in [6.07, 6.45) is 5.08. The Labute approximate surface area is 864 Å². The SMILES string of the molecule is C=C[C@@H]1C[C@]1(NC(=O)[C@@H]1C[C@@H](Oc2ccnc3c(C)c(OC)ccc23)CN1C(=O)OC(C)(C)C)C(=O)OC.C=C[C@@H]1C[C@]1(NC(=O)[C@@H]1C[C@H](O)CN1C(=O)OC(C)(C)C)C(=O)OC.C=C[C@@H]1C[C@]1(NC(=O)[C@@H]1C[C@H](OC(=O)c2ccc([N+](=O)[O-])cc2)CN1C(=O)OC(C)(C)C)C(=O)OC.C=C[C@@H]1C[C@]1(NC(=O)[C@@H]1C[C@H](OS(=O)(=O)c2ccc(Br)cc2)CN1C(=O)OC(C)(C)C)C(=O)OC.COc1ccc2c(=O)cc[nH]c2c1C. The lowest BCUT2D eigenvalue weighted by Gasteiger charge is -2.28. The van der Waals surface area contributed by atoms with Gasteiger partial charge in [0.25, 0.3) is 15.8 Å². The van der Waals surface area contributed by atoms with E-state index in [0.717, 1.165) is 43.1 Å². The number of ether oxygens (including phenoxy) is 12. The minimum atomic E-state index is -4.17. The number of benzene rings is 4. The Kier molecular flexibility index (Phi) is 36.4. The first-order valence-corrected chi connectivity index (χ1v) is 49.6. The Morgan fingerprint density at radius 3 is 1.21 bits per heavy atom. The average Bonchev–Trinajstić information content (AvgIpc) is 1.60. The first kappa shape index (κ1) is 116. The number of H-pyrrole nitrogens is 1. The number of β-amino-alcohol motifs (C(OH)–C–C–N with tert-alkyl or cyclic N) is 1. The third-order valence-electron chi connectivity index (χ3n) is 25.5. The van der Waals surface area contributed by atoms with Crippen LogP contribution in [0.5, 0.6) is 17.2 Å². The molecule has 0 radical (unpaired) electrons. The van der Waals surface area contributed by atoms with Gasteiger partial charge in [0.2, 0.25) is 23.6 Å². The molecule has 8 fully saturated rings. The second-order valence-electron chi connectivity index (χ2n) is 40.6. The third kappa shape index (κ3) is 27.5. The van der Waals surface area contributed by atoms with Gasteiger partial charge in [-0.15, -0.1) is 26.3 Å². The maximum absolute atomic E-state index is 13.5. The van der Waals surface area contributed by atoms with E-state index in [1.54, 1.807) is 158 Å². The zero-order valence-corrected chi connectivity index (χ0v) is 88.8. The second-order valence-corrected chi connectivity index (χ2v) is 43.1. The molecule has 8 amide bonds. The molecular weight excluding hydrogens is 2020 g/mol. The maximum atomic E-state index is 13.5. The molecule has 4 aromatic carbocycles. The molecule has 2 aromatic heterocycles. The molecule has 45 heteroatoms. The zero-order chi connectivity index (χ0) is 110. The van der Waals surface area contributed by atoms with Gasteiger partial charge in [-0.05, 0) is 189 Å². The van der Waals surface area contributed by atoms with Crippen LogP contribution >= 0.6 is 15.9 Å². The van der Waals surface area contributed by atoms with Crippen LogP contribution in [0.15, 0.2) is 162 Å². The van der Waals surface area contributed by atoms with Crippen LogP contribution in [0.25, 0.3) is 21.8 Å². The molecular formula is C103H130BrN11O32S. The molecule has 14 rings (SSSR count). The number of nitro benzene ring substituents is 1. The number of hydrogen-bond acceptors (Lipinski definition) is 33. The number of nitrogens with one attached hydrogen (secondary N) is 5. The molecule has 0 bridgehead atoms. The summed E-state index contributed by atoms with van der Waals surface area (Å²) in [7, 11) is 4.01. The van der Waals surface area contributed by atoms with E-state index in [1.807, 2.05) is 32.0 Å². The smallest absolute Gasteiger partial charge is 0.411 e. The number of non-ortho nitro benzene ring substituents is 1. The van der Waals surface area contributed by atoms with Crippen LogP contribution in [0.3, 0.4) is 0 Å². The molecule has 4 aliphatic heterocycles. The second kappa shape index (κ2) is 46.5. The highest BCUT2D eigenvalue weighted by Crippen LogP contribution is 2.50. The number of rotatable bonds is 26. The number of carbonyl (C=O) groups excluding carboxylic acids is 13. The molecule has 8 aliphatic rings. The number of methoxy groups -OCH3 is 6. The summed E-state index contributed by atoms with van der Waals surface area (Å²) >= 11 is 3.25. The van der Waals surface area contributed by atoms with Crippen LogP contribution in [0.4, 0.5) is 24.9 Å². The largest absolute Gasteiger partial charge is 0.496 e. The summed E-state index contributed by atoms with van der Waals surface area (Å²) in [5.74, 6) is -4.36. The van der Waals surface area contributed by atoms with Gasteiger partial charge in [0, 0.05) is 106 Å². The first-order valence-electron chi connectivity index (χ1n) is 47.4. The van der Waals surface area contributed by atoms with E-state index in [2.05, 4.69) is 73.5 Å². The van der Waals surface area contributed by atoms with Crippen molar-refractivity contribution in [1.29, 1.82) is 0 Å². The fourth-order valence-corrected chi connectivity index (χ4v) is 19.0. The van der Waals surface area contributed by atoms with Gasteiger partial charge in [-0.1, -0.05) is 40.2 Å². The number of aliphatic hydroxyl groups is 1. The molecule has 0 spiro atoms. The summed E-state index contributed by atoms with van der Waals surface area (Å²) in [5, 5.41) is 33.1. The highest BCUT2D eigenvalue weighted by Gasteiger charge is 2.66. The number of halogens is 1. The Bertz CT molecular complexity index is 6270. The van der Waals surface area contributed by atoms with Crippen molar-refractivity contribution >= 4 is 131 Å². The number of aromatic nitrogens is 2. The van der Waals surface area contributed by atoms with Crippen LogP contribution in [0.1, 0.15) is 156 Å². The molecule has 6 aromatic rings. The van der Waals surface area contributed by atoms with Gasteiger partial charge in [-0.25, -0.2) is 43.2 Å². The number of aliphatic hydroxyl groups excluding tert-OH is 1. The summed E-state index contributed by atoms with van der Waals surface area (Å²) < 4.78 is 95.2.